The maximum absolute atomic E-state index is 11.8. The van der Waals surface area contributed by atoms with Crippen LogP contribution in [-0.2, 0) is 9.59 Å². The number of allylic oxidation sites excluding steroid dienone is 3. The molecule has 21 heavy (non-hydrogen) atoms. The molecule has 0 aromatic heterocycles. The van der Waals surface area contributed by atoms with Gasteiger partial charge in [-0.05, 0) is 56.9 Å². The summed E-state index contributed by atoms with van der Waals surface area (Å²) in [5, 5.41) is 9.73. The van der Waals surface area contributed by atoms with E-state index >= 15 is 0 Å². The van der Waals surface area contributed by atoms with Gasteiger partial charge in [0.1, 0.15) is 0 Å². The molecule has 2 saturated carbocycles. The van der Waals surface area contributed by atoms with Gasteiger partial charge in [-0.15, -0.1) is 0 Å². The molecule has 3 heteroatoms. The first-order valence-electron chi connectivity index (χ1n) is 7.81. The molecule has 2 aliphatic rings. The topological polar surface area (TPSA) is 54.4 Å². The minimum atomic E-state index is -0.680. The van der Waals surface area contributed by atoms with Gasteiger partial charge >= 0.3 is 5.97 Å². The predicted molar refractivity (Wildman–Crippen MR) is 82.9 cm³/mol. The van der Waals surface area contributed by atoms with Gasteiger partial charge in [0.05, 0.1) is 5.41 Å². The standard InChI is InChI=1S/C18H26O3/c1-12-6-9-15-17(3,14(12)8-7-13(2)19)10-5-11-18(15,4)16(20)21/h7-8,14-15H,1,5-6,9-11H2,2-4H3,(H,20,21)/b8-7+/t14-,15-,17+,18-/m0/s1. The van der Waals surface area contributed by atoms with E-state index in [1.54, 1.807) is 13.0 Å². The Balaban J connectivity index is 2.42. The smallest absolute Gasteiger partial charge is 0.309 e. The van der Waals surface area contributed by atoms with E-state index in [1.807, 2.05) is 13.0 Å². The van der Waals surface area contributed by atoms with Gasteiger partial charge < -0.3 is 5.11 Å². The summed E-state index contributed by atoms with van der Waals surface area (Å²) in [6.07, 6.45) is 8.01. The van der Waals surface area contributed by atoms with Crippen molar-refractivity contribution in [1.82, 2.24) is 0 Å². The first-order valence-corrected chi connectivity index (χ1v) is 7.81. The number of carboxylic acids is 1. The summed E-state index contributed by atoms with van der Waals surface area (Å²) in [5.74, 6) is -0.395. The van der Waals surface area contributed by atoms with Crippen LogP contribution in [0.5, 0.6) is 0 Å². The van der Waals surface area contributed by atoms with Crippen LogP contribution in [0.25, 0.3) is 0 Å². The lowest BCUT2D eigenvalue weighted by Gasteiger charge is -2.56. The Morgan fingerprint density at radius 3 is 2.57 bits per heavy atom. The molecule has 2 fully saturated rings. The summed E-state index contributed by atoms with van der Waals surface area (Å²) in [5.41, 5.74) is 0.378. The van der Waals surface area contributed by atoms with Crippen molar-refractivity contribution in [2.24, 2.45) is 22.7 Å². The molecule has 2 rings (SSSR count). The zero-order valence-corrected chi connectivity index (χ0v) is 13.3. The van der Waals surface area contributed by atoms with Gasteiger partial charge in [0.2, 0.25) is 0 Å². The van der Waals surface area contributed by atoms with Crippen molar-refractivity contribution in [3.05, 3.63) is 24.3 Å². The van der Waals surface area contributed by atoms with Crippen molar-refractivity contribution in [1.29, 1.82) is 0 Å². The van der Waals surface area contributed by atoms with E-state index in [1.165, 1.54) is 0 Å². The van der Waals surface area contributed by atoms with E-state index in [-0.39, 0.29) is 23.0 Å². The molecule has 0 unspecified atom stereocenters. The van der Waals surface area contributed by atoms with Crippen molar-refractivity contribution >= 4 is 11.8 Å². The Kier molecular flexibility index (Phi) is 4.14. The Hall–Kier alpha value is -1.38. The first-order chi connectivity index (χ1) is 9.71. The average molecular weight is 290 g/mol. The lowest BCUT2D eigenvalue weighted by molar-refractivity contribution is -0.163. The van der Waals surface area contributed by atoms with Gasteiger partial charge in [0.25, 0.3) is 0 Å². The Bertz CT molecular complexity index is 505. The van der Waals surface area contributed by atoms with Gasteiger partial charge in [-0.25, -0.2) is 0 Å². The molecular formula is C18H26O3. The fourth-order valence-corrected chi connectivity index (χ4v) is 4.73. The van der Waals surface area contributed by atoms with E-state index in [0.717, 1.165) is 37.7 Å². The zero-order valence-electron chi connectivity index (χ0n) is 13.3. The van der Waals surface area contributed by atoms with Gasteiger partial charge in [-0.3, -0.25) is 9.59 Å². The number of hydrogen-bond acceptors (Lipinski definition) is 2. The number of rotatable bonds is 3. The number of ketones is 1. The van der Waals surface area contributed by atoms with E-state index in [2.05, 4.69) is 13.5 Å². The van der Waals surface area contributed by atoms with Crippen molar-refractivity contribution in [3.63, 3.8) is 0 Å². The Morgan fingerprint density at radius 2 is 2.00 bits per heavy atom. The normalized spacial score (nSPS) is 40.0. The molecule has 0 heterocycles. The molecule has 0 saturated heterocycles. The van der Waals surface area contributed by atoms with Crippen LogP contribution < -0.4 is 0 Å². The monoisotopic (exact) mass is 290 g/mol. The maximum Gasteiger partial charge on any atom is 0.309 e. The third kappa shape index (κ3) is 2.58. The third-order valence-corrected chi connectivity index (χ3v) is 5.89. The molecule has 0 spiro atoms. The SMILES string of the molecule is C=C1CC[C@H]2[C@](C)(CCC[C@]2(C)C(=O)O)[C@H]1/C=C/C(C)=O. The molecule has 4 atom stereocenters. The van der Waals surface area contributed by atoms with Gasteiger partial charge in [0.15, 0.2) is 5.78 Å². The molecule has 0 aliphatic heterocycles. The highest BCUT2D eigenvalue weighted by atomic mass is 16.4. The van der Waals surface area contributed by atoms with E-state index < -0.39 is 11.4 Å². The lowest BCUT2D eigenvalue weighted by atomic mass is 9.47. The quantitative estimate of drug-likeness (QED) is 0.631. The molecule has 2 aliphatic carbocycles. The molecule has 0 aromatic carbocycles. The molecule has 0 aromatic rings. The highest BCUT2D eigenvalue weighted by Gasteiger charge is 2.56. The van der Waals surface area contributed by atoms with Gasteiger partial charge in [-0.1, -0.05) is 31.6 Å². The van der Waals surface area contributed by atoms with Crippen molar-refractivity contribution in [3.8, 4) is 0 Å². The Morgan fingerprint density at radius 1 is 1.33 bits per heavy atom. The molecular weight excluding hydrogens is 264 g/mol. The van der Waals surface area contributed by atoms with Crippen LogP contribution in [0.1, 0.15) is 52.9 Å². The van der Waals surface area contributed by atoms with Crippen LogP contribution in [0.4, 0.5) is 0 Å². The summed E-state index contributed by atoms with van der Waals surface area (Å²) < 4.78 is 0. The second-order valence-electron chi connectivity index (χ2n) is 7.28. The van der Waals surface area contributed by atoms with Crippen molar-refractivity contribution < 1.29 is 14.7 Å². The van der Waals surface area contributed by atoms with Crippen LogP contribution in [0.3, 0.4) is 0 Å². The third-order valence-electron chi connectivity index (χ3n) is 5.89. The van der Waals surface area contributed by atoms with Gasteiger partial charge in [0, 0.05) is 5.92 Å². The fraction of sp³-hybridized carbons (Fsp3) is 0.667. The van der Waals surface area contributed by atoms with Gasteiger partial charge in [-0.2, -0.15) is 0 Å². The van der Waals surface area contributed by atoms with Crippen molar-refractivity contribution in [2.75, 3.05) is 0 Å². The largest absolute Gasteiger partial charge is 0.481 e. The molecule has 0 bridgehead atoms. The van der Waals surface area contributed by atoms with E-state index in [4.69, 9.17) is 0 Å². The number of aliphatic carboxylic acids is 1. The number of carboxylic acid groups (broad SMARTS) is 1. The highest BCUT2D eigenvalue weighted by Crippen LogP contribution is 2.61. The van der Waals surface area contributed by atoms with Crippen molar-refractivity contribution in [2.45, 2.75) is 52.9 Å². The second-order valence-corrected chi connectivity index (χ2v) is 7.28. The predicted octanol–water partition coefficient (Wildman–Crippen LogP) is 4.00. The molecule has 1 N–H and O–H groups in total. The van der Waals surface area contributed by atoms with Crippen LogP contribution in [0.2, 0.25) is 0 Å². The summed E-state index contributed by atoms with van der Waals surface area (Å²) in [4.78, 5) is 23.1. The number of carbonyl (C=O) groups excluding carboxylic acids is 1. The number of hydrogen-bond donors (Lipinski definition) is 1. The minimum Gasteiger partial charge on any atom is -0.481 e. The summed E-state index contributed by atoms with van der Waals surface area (Å²) in [6, 6.07) is 0. The Labute approximate surface area is 127 Å². The highest BCUT2D eigenvalue weighted by molar-refractivity contribution is 5.87. The number of fused-ring (bicyclic) bond motifs is 1. The minimum absolute atomic E-state index is 0.0327. The second kappa shape index (κ2) is 5.43. The van der Waals surface area contributed by atoms with Crippen LogP contribution in [0.15, 0.2) is 24.3 Å². The molecule has 3 nitrogen and oxygen atoms in total. The molecule has 0 amide bonds. The van der Waals surface area contributed by atoms with Crippen LogP contribution >= 0.6 is 0 Å². The van der Waals surface area contributed by atoms with E-state index in [9.17, 15) is 14.7 Å². The average Bonchev–Trinajstić information content (AvgIpc) is 2.36. The lowest BCUT2D eigenvalue weighted by Crippen LogP contribution is -2.53. The van der Waals surface area contributed by atoms with E-state index in [0.29, 0.717) is 0 Å². The molecule has 116 valence electrons. The summed E-state index contributed by atoms with van der Waals surface area (Å²) in [6.45, 7) is 9.83. The fourth-order valence-electron chi connectivity index (χ4n) is 4.73. The summed E-state index contributed by atoms with van der Waals surface area (Å²) in [7, 11) is 0. The van der Waals surface area contributed by atoms with Crippen LogP contribution in [-0.4, -0.2) is 16.9 Å². The number of carbonyl (C=O) groups is 2. The summed E-state index contributed by atoms with van der Waals surface area (Å²) >= 11 is 0. The first kappa shape index (κ1) is 16.0. The maximum atomic E-state index is 11.8. The molecule has 0 radical (unpaired) electrons. The zero-order chi connectivity index (χ0) is 15.8. The van der Waals surface area contributed by atoms with Crippen LogP contribution in [0, 0.1) is 22.7 Å².